The summed E-state index contributed by atoms with van der Waals surface area (Å²) in [6.07, 6.45) is 4.97. The van der Waals surface area contributed by atoms with Crippen molar-refractivity contribution in [2.24, 2.45) is 5.92 Å². The second-order valence-corrected chi connectivity index (χ2v) is 6.89. The third kappa shape index (κ3) is 2.42. The Hall–Kier alpha value is -3.79. The Labute approximate surface area is 160 Å². The third-order valence-electron chi connectivity index (χ3n) is 5.13. The van der Waals surface area contributed by atoms with Gasteiger partial charge in [-0.1, -0.05) is 12.1 Å². The molecule has 0 unspecified atom stereocenters. The van der Waals surface area contributed by atoms with Gasteiger partial charge in [-0.3, -0.25) is 4.79 Å². The van der Waals surface area contributed by atoms with Crippen LogP contribution < -0.4 is 4.74 Å². The number of nitrogens with zero attached hydrogens (tertiary/aromatic N) is 4. The van der Waals surface area contributed by atoms with Gasteiger partial charge in [-0.05, 0) is 24.6 Å². The number of amides is 1. The number of nitriles is 1. The molecule has 7 nitrogen and oxygen atoms in total. The number of carbonyl (C=O) groups excluding carboxylic acids is 1. The largest absolute Gasteiger partial charge is 0.460 e. The maximum absolute atomic E-state index is 12.8. The Morgan fingerprint density at radius 3 is 2.96 bits per heavy atom. The van der Waals surface area contributed by atoms with Gasteiger partial charge in [-0.2, -0.15) is 10.4 Å². The number of carbonyl (C=O) groups is 1. The van der Waals surface area contributed by atoms with Gasteiger partial charge >= 0.3 is 0 Å². The van der Waals surface area contributed by atoms with Crippen LogP contribution in [0.5, 0.6) is 11.5 Å². The molecule has 1 saturated heterocycles. The van der Waals surface area contributed by atoms with E-state index in [0.717, 1.165) is 16.5 Å². The summed E-state index contributed by atoms with van der Waals surface area (Å²) in [5.74, 6) is 1.03. The molecule has 0 bridgehead atoms. The first kappa shape index (κ1) is 16.4. The van der Waals surface area contributed by atoms with Crippen LogP contribution in [0.4, 0.5) is 0 Å². The van der Waals surface area contributed by atoms with Crippen molar-refractivity contribution in [3.63, 3.8) is 0 Å². The van der Waals surface area contributed by atoms with Crippen molar-refractivity contribution < 1.29 is 13.9 Å². The molecule has 138 valence electrons. The predicted molar refractivity (Wildman–Crippen MR) is 101 cm³/mol. The van der Waals surface area contributed by atoms with Crippen LogP contribution in [0.25, 0.3) is 16.5 Å². The minimum atomic E-state index is -0.0893. The van der Waals surface area contributed by atoms with Crippen LogP contribution >= 0.6 is 0 Å². The fourth-order valence-corrected chi connectivity index (χ4v) is 3.58. The van der Waals surface area contributed by atoms with Crippen molar-refractivity contribution in [2.75, 3.05) is 13.1 Å². The molecule has 0 spiro atoms. The maximum atomic E-state index is 12.8. The molecule has 4 aromatic rings. The molecule has 1 fully saturated rings. The average Bonchev–Trinajstić information content (AvgIpc) is 3.27. The Balaban J connectivity index is 1.54. The van der Waals surface area contributed by atoms with E-state index in [1.54, 1.807) is 34.1 Å². The van der Waals surface area contributed by atoms with E-state index in [9.17, 15) is 4.79 Å². The molecule has 4 heterocycles. The topological polar surface area (TPSA) is 83.8 Å². The highest BCUT2D eigenvalue weighted by atomic mass is 16.5. The number of hydrogen-bond donors (Lipinski definition) is 0. The lowest BCUT2D eigenvalue weighted by atomic mass is 10.0. The summed E-state index contributed by atoms with van der Waals surface area (Å²) in [7, 11) is 0. The number of furan rings is 1. The summed E-state index contributed by atoms with van der Waals surface area (Å²) in [5.41, 5.74) is 2.75. The first-order valence-corrected chi connectivity index (χ1v) is 8.95. The monoisotopic (exact) mass is 372 g/mol. The fraction of sp³-hybridized carbons (Fsp3) is 0.190. The average molecular weight is 372 g/mol. The van der Waals surface area contributed by atoms with Gasteiger partial charge in [0.05, 0.1) is 30.0 Å². The zero-order chi connectivity index (χ0) is 19.3. The number of benzene rings is 1. The molecule has 28 heavy (non-hydrogen) atoms. The van der Waals surface area contributed by atoms with Gasteiger partial charge in [0.25, 0.3) is 5.91 Å². The number of fused-ring (bicyclic) bond motifs is 2. The second-order valence-electron chi connectivity index (χ2n) is 6.89. The minimum absolute atomic E-state index is 0.0768. The van der Waals surface area contributed by atoms with E-state index >= 15 is 0 Å². The van der Waals surface area contributed by atoms with E-state index in [-0.39, 0.29) is 11.8 Å². The lowest BCUT2D eigenvalue weighted by molar-refractivity contribution is 0.0576. The molecule has 0 saturated carbocycles. The van der Waals surface area contributed by atoms with E-state index in [1.807, 2.05) is 31.2 Å². The summed E-state index contributed by atoms with van der Waals surface area (Å²) in [6.45, 7) is 2.82. The van der Waals surface area contributed by atoms with Gasteiger partial charge in [0.2, 0.25) is 0 Å². The molecule has 1 aliphatic rings. The Bertz CT molecular complexity index is 1260. The van der Waals surface area contributed by atoms with Gasteiger partial charge in [-0.25, -0.2) is 4.52 Å². The van der Waals surface area contributed by atoms with E-state index in [1.165, 1.54) is 0 Å². The highest BCUT2D eigenvalue weighted by molar-refractivity contribution is 5.99. The first-order chi connectivity index (χ1) is 13.7. The summed E-state index contributed by atoms with van der Waals surface area (Å²) in [6, 6.07) is 11.5. The summed E-state index contributed by atoms with van der Waals surface area (Å²) >= 11 is 0. The molecule has 7 heteroatoms. The highest BCUT2D eigenvalue weighted by Crippen LogP contribution is 2.35. The molecular formula is C21H16N4O3. The predicted octanol–water partition coefficient (Wildman–Crippen LogP) is 3.78. The molecule has 3 aromatic heterocycles. The number of aromatic nitrogens is 2. The molecule has 0 radical (unpaired) electrons. The third-order valence-corrected chi connectivity index (χ3v) is 5.13. The van der Waals surface area contributed by atoms with Crippen LogP contribution in [0.15, 0.2) is 53.4 Å². The number of ether oxygens (including phenoxy) is 1. The van der Waals surface area contributed by atoms with Crippen LogP contribution in [-0.2, 0) is 0 Å². The lowest BCUT2D eigenvalue weighted by Gasteiger charge is -2.35. The Morgan fingerprint density at radius 2 is 2.14 bits per heavy atom. The second kappa shape index (κ2) is 6.13. The molecule has 1 aliphatic heterocycles. The van der Waals surface area contributed by atoms with Gasteiger partial charge < -0.3 is 14.1 Å². The van der Waals surface area contributed by atoms with Crippen LogP contribution in [0.3, 0.4) is 0 Å². The van der Waals surface area contributed by atoms with Gasteiger partial charge in [0, 0.05) is 30.7 Å². The number of hydrogen-bond acceptors (Lipinski definition) is 5. The lowest BCUT2D eigenvalue weighted by Crippen LogP contribution is -2.49. The van der Waals surface area contributed by atoms with E-state index in [2.05, 4.69) is 11.2 Å². The molecular weight excluding hydrogens is 356 g/mol. The smallest absolute Gasteiger partial charge is 0.255 e. The van der Waals surface area contributed by atoms with Gasteiger partial charge in [-0.15, -0.1) is 0 Å². The van der Waals surface area contributed by atoms with Crippen molar-refractivity contribution in [3.05, 3.63) is 60.1 Å². The summed E-state index contributed by atoms with van der Waals surface area (Å²) in [4.78, 5) is 14.5. The number of para-hydroxylation sites is 1. The van der Waals surface area contributed by atoms with E-state index < -0.39 is 0 Å². The zero-order valence-corrected chi connectivity index (χ0v) is 15.1. The quantitative estimate of drug-likeness (QED) is 0.546. The maximum Gasteiger partial charge on any atom is 0.255 e. The molecule has 0 atom stereocenters. The van der Waals surface area contributed by atoms with Crippen molar-refractivity contribution in [1.29, 1.82) is 5.26 Å². The molecule has 0 N–H and O–H groups in total. The number of likely N-dealkylation sites (tertiary alicyclic amines) is 1. The molecule has 0 aliphatic carbocycles. The van der Waals surface area contributed by atoms with Crippen LogP contribution in [-0.4, -0.2) is 33.5 Å². The van der Waals surface area contributed by atoms with Crippen LogP contribution in [0.2, 0.25) is 0 Å². The Kier molecular flexibility index (Phi) is 3.59. The van der Waals surface area contributed by atoms with Crippen molar-refractivity contribution in [3.8, 4) is 17.6 Å². The SMILES string of the molecule is Cc1c(C(=O)N2CC(C#N)C2)cn2nccc(Oc3cccc4ccoc34)c12. The Morgan fingerprint density at radius 1 is 1.29 bits per heavy atom. The van der Waals surface area contributed by atoms with E-state index in [0.29, 0.717) is 35.7 Å². The standard InChI is InChI=1S/C21H16N4O3/c1-13-16(21(26)24-10-14(9-22)11-24)12-25-19(13)17(5-7-23-25)28-18-4-2-3-15-6-8-27-20(15)18/h2-8,12,14H,10-11H2,1H3. The molecule has 5 rings (SSSR count). The number of rotatable bonds is 3. The van der Waals surface area contributed by atoms with Crippen LogP contribution in [0, 0.1) is 24.2 Å². The zero-order valence-electron chi connectivity index (χ0n) is 15.1. The number of aryl methyl sites for hydroxylation is 1. The minimum Gasteiger partial charge on any atom is -0.460 e. The van der Waals surface area contributed by atoms with Gasteiger partial charge in [0.1, 0.15) is 5.52 Å². The van der Waals surface area contributed by atoms with Crippen molar-refractivity contribution >= 4 is 22.4 Å². The van der Waals surface area contributed by atoms with Crippen molar-refractivity contribution in [1.82, 2.24) is 14.5 Å². The fourth-order valence-electron chi connectivity index (χ4n) is 3.58. The van der Waals surface area contributed by atoms with E-state index in [4.69, 9.17) is 14.4 Å². The van der Waals surface area contributed by atoms with Crippen LogP contribution in [0.1, 0.15) is 15.9 Å². The highest BCUT2D eigenvalue weighted by Gasteiger charge is 2.33. The van der Waals surface area contributed by atoms with Gasteiger partial charge in [0.15, 0.2) is 17.1 Å². The summed E-state index contributed by atoms with van der Waals surface area (Å²) < 4.78 is 13.4. The normalized spacial score (nSPS) is 14.2. The molecule has 1 amide bonds. The summed E-state index contributed by atoms with van der Waals surface area (Å²) in [5, 5.41) is 14.2. The molecule has 1 aromatic carbocycles. The van der Waals surface area contributed by atoms with Crippen molar-refractivity contribution in [2.45, 2.75) is 6.92 Å². The first-order valence-electron chi connectivity index (χ1n) is 8.95.